The summed E-state index contributed by atoms with van der Waals surface area (Å²) in [7, 11) is 3.30. The molecule has 0 radical (unpaired) electrons. The predicted octanol–water partition coefficient (Wildman–Crippen LogP) is 2.53. The minimum atomic E-state index is 0.0800. The molecule has 0 bridgehead atoms. The molecular formula is C15H23NO3. The van der Waals surface area contributed by atoms with Gasteiger partial charge in [-0.25, -0.2) is 0 Å². The molecule has 2 rings (SSSR count). The maximum atomic E-state index is 5.94. The molecule has 0 aliphatic carbocycles. The van der Waals surface area contributed by atoms with Crippen molar-refractivity contribution in [2.75, 3.05) is 27.4 Å². The van der Waals surface area contributed by atoms with Gasteiger partial charge in [-0.3, -0.25) is 0 Å². The van der Waals surface area contributed by atoms with Gasteiger partial charge in [-0.2, -0.15) is 0 Å². The topological polar surface area (TPSA) is 39.7 Å². The Morgan fingerprint density at radius 2 is 2.05 bits per heavy atom. The fraction of sp³-hybridized carbons (Fsp3) is 0.600. The summed E-state index contributed by atoms with van der Waals surface area (Å²) in [5.74, 6) is 1.50. The highest BCUT2D eigenvalue weighted by molar-refractivity contribution is 5.43. The van der Waals surface area contributed by atoms with Gasteiger partial charge in [-0.1, -0.05) is 13.0 Å². The smallest absolute Gasteiger partial charge is 0.161 e. The van der Waals surface area contributed by atoms with Gasteiger partial charge in [0.15, 0.2) is 11.5 Å². The Hall–Kier alpha value is -1.26. The molecule has 4 nitrogen and oxygen atoms in total. The monoisotopic (exact) mass is 265 g/mol. The van der Waals surface area contributed by atoms with Gasteiger partial charge in [0.2, 0.25) is 0 Å². The lowest BCUT2D eigenvalue weighted by atomic mass is 10.1. The Balaban J connectivity index is 2.12. The van der Waals surface area contributed by atoms with Gasteiger partial charge in [0.1, 0.15) is 0 Å². The molecule has 0 spiro atoms. The van der Waals surface area contributed by atoms with Crippen LogP contribution in [0.3, 0.4) is 0 Å². The summed E-state index contributed by atoms with van der Waals surface area (Å²) in [6, 6.07) is 6.53. The van der Waals surface area contributed by atoms with Crippen LogP contribution in [0.25, 0.3) is 0 Å². The molecule has 4 heteroatoms. The average Bonchev–Trinajstić information content (AvgIpc) is 2.71. The molecule has 1 aliphatic heterocycles. The van der Waals surface area contributed by atoms with E-state index in [1.807, 2.05) is 18.2 Å². The summed E-state index contributed by atoms with van der Waals surface area (Å²) >= 11 is 0. The second-order valence-corrected chi connectivity index (χ2v) is 4.78. The molecule has 1 heterocycles. The maximum Gasteiger partial charge on any atom is 0.161 e. The van der Waals surface area contributed by atoms with Gasteiger partial charge in [-0.15, -0.1) is 0 Å². The van der Waals surface area contributed by atoms with Crippen LogP contribution in [-0.2, 0) is 4.74 Å². The molecule has 1 fully saturated rings. The van der Waals surface area contributed by atoms with Crippen LogP contribution >= 0.6 is 0 Å². The van der Waals surface area contributed by atoms with Crippen molar-refractivity contribution in [1.29, 1.82) is 0 Å². The summed E-state index contributed by atoms with van der Waals surface area (Å²) in [4.78, 5) is 0. The van der Waals surface area contributed by atoms with Gasteiger partial charge in [0, 0.05) is 19.2 Å². The van der Waals surface area contributed by atoms with Crippen LogP contribution in [0.2, 0.25) is 0 Å². The van der Waals surface area contributed by atoms with E-state index in [-0.39, 0.29) is 6.10 Å². The van der Waals surface area contributed by atoms with Crippen LogP contribution in [0.15, 0.2) is 18.2 Å². The van der Waals surface area contributed by atoms with Crippen molar-refractivity contribution in [3.05, 3.63) is 23.8 Å². The van der Waals surface area contributed by atoms with E-state index in [2.05, 4.69) is 12.2 Å². The largest absolute Gasteiger partial charge is 0.493 e. The van der Waals surface area contributed by atoms with E-state index in [9.17, 15) is 0 Å². The van der Waals surface area contributed by atoms with Crippen LogP contribution < -0.4 is 14.8 Å². The predicted molar refractivity (Wildman–Crippen MR) is 74.9 cm³/mol. The van der Waals surface area contributed by atoms with E-state index < -0.39 is 0 Å². The fourth-order valence-corrected chi connectivity index (χ4v) is 2.40. The quantitative estimate of drug-likeness (QED) is 0.908. The van der Waals surface area contributed by atoms with E-state index >= 15 is 0 Å². The average molecular weight is 265 g/mol. The first-order valence-corrected chi connectivity index (χ1v) is 6.85. The van der Waals surface area contributed by atoms with Crippen molar-refractivity contribution in [3.8, 4) is 11.5 Å². The van der Waals surface area contributed by atoms with Gasteiger partial charge in [-0.05, 0) is 30.5 Å². The molecule has 0 amide bonds. The lowest BCUT2D eigenvalue weighted by molar-refractivity contribution is 0.0661. The number of hydrogen-bond donors (Lipinski definition) is 1. The third-order valence-electron chi connectivity index (χ3n) is 3.65. The first kappa shape index (κ1) is 14.2. The van der Waals surface area contributed by atoms with E-state index in [1.54, 1.807) is 14.2 Å². The van der Waals surface area contributed by atoms with Crippen molar-refractivity contribution in [1.82, 2.24) is 5.32 Å². The van der Waals surface area contributed by atoms with Crippen molar-refractivity contribution < 1.29 is 14.2 Å². The van der Waals surface area contributed by atoms with Crippen LogP contribution in [0.5, 0.6) is 11.5 Å². The number of rotatable bonds is 4. The molecule has 1 aromatic carbocycles. The Bertz CT molecular complexity index is 408. The molecular weight excluding hydrogens is 242 g/mol. The number of methoxy groups -OCH3 is 2. The Morgan fingerprint density at radius 3 is 2.74 bits per heavy atom. The van der Waals surface area contributed by atoms with Crippen LogP contribution in [-0.4, -0.2) is 33.4 Å². The second kappa shape index (κ2) is 6.78. The van der Waals surface area contributed by atoms with Crippen LogP contribution in [0, 0.1) is 0 Å². The minimum absolute atomic E-state index is 0.0800. The molecule has 0 saturated carbocycles. The first-order valence-electron chi connectivity index (χ1n) is 6.85. The standard InChI is InChI=1S/C15H23NO3/c1-4-12-7-8-19-15(10-16-12)11-5-6-13(17-2)14(9-11)18-3/h5-6,9,12,15-16H,4,7-8,10H2,1-3H3. The van der Waals surface area contributed by atoms with E-state index in [0.29, 0.717) is 6.04 Å². The summed E-state index contributed by atoms with van der Waals surface area (Å²) < 4.78 is 16.5. The second-order valence-electron chi connectivity index (χ2n) is 4.78. The Labute approximate surface area is 115 Å². The van der Waals surface area contributed by atoms with Gasteiger partial charge >= 0.3 is 0 Å². The van der Waals surface area contributed by atoms with Gasteiger partial charge < -0.3 is 19.5 Å². The zero-order chi connectivity index (χ0) is 13.7. The molecule has 1 saturated heterocycles. The third kappa shape index (κ3) is 3.39. The molecule has 1 aromatic rings. The van der Waals surface area contributed by atoms with Gasteiger partial charge in [0.25, 0.3) is 0 Å². The molecule has 106 valence electrons. The Kier molecular flexibility index (Phi) is 5.05. The number of ether oxygens (including phenoxy) is 3. The first-order chi connectivity index (χ1) is 9.28. The van der Waals surface area contributed by atoms with Crippen molar-refractivity contribution in [2.45, 2.75) is 31.9 Å². The molecule has 1 aliphatic rings. The third-order valence-corrected chi connectivity index (χ3v) is 3.65. The minimum Gasteiger partial charge on any atom is -0.493 e. The zero-order valence-electron chi connectivity index (χ0n) is 11.9. The lowest BCUT2D eigenvalue weighted by Crippen LogP contribution is -2.29. The fourth-order valence-electron chi connectivity index (χ4n) is 2.40. The maximum absolute atomic E-state index is 5.94. The SMILES string of the molecule is CCC1CCOC(c2ccc(OC)c(OC)c2)CN1. The van der Waals surface area contributed by atoms with E-state index in [4.69, 9.17) is 14.2 Å². The summed E-state index contributed by atoms with van der Waals surface area (Å²) in [5, 5.41) is 3.55. The van der Waals surface area contributed by atoms with E-state index in [1.165, 1.54) is 0 Å². The van der Waals surface area contributed by atoms with Crippen molar-refractivity contribution >= 4 is 0 Å². The highest BCUT2D eigenvalue weighted by atomic mass is 16.5. The molecule has 2 atom stereocenters. The zero-order valence-corrected chi connectivity index (χ0v) is 11.9. The molecule has 19 heavy (non-hydrogen) atoms. The summed E-state index contributed by atoms with van der Waals surface area (Å²) in [6.45, 7) is 3.84. The summed E-state index contributed by atoms with van der Waals surface area (Å²) in [5.41, 5.74) is 1.13. The van der Waals surface area contributed by atoms with Crippen LogP contribution in [0.1, 0.15) is 31.4 Å². The molecule has 1 N–H and O–H groups in total. The van der Waals surface area contributed by atoms with Crippen LogP contribution in [0.4, 0.5) is 0 Å². The van der Waals surface area contributed by atoms with Crippen molar-refractivity contribution in [2.24, 2.45) is 0 Å². The highest BCUT2D eigenvalue weighted by Crippen LogP contribution is 2.31. The molecule has 0 aromatic heterocycles. The highest BCUT2D eigenvalue weighted by Gasteiger charge is 2.20. The number of benzene rings is 1. The molecule has 2 unspecified atom stereocenters. The van der Waals surface area contributed by atoms with Crippen molar-refractivity contribution in [3.63, 3.8) is 0 Å². The van der Waals surface area contributed by atoms with Gasteiger partial charge in [0.05, 0.1) is 20.3 Å². The summed E-state index contributed by atoms with van der Waals surface area (Å²) in [6.07, 6.45) is 2.29. The number of hydrogen-bond acceptors (Lipinski definition) is 4. The van der Waals surface area contributed by atoms with E-state index in [0.717, 1.165) is 43.1 Å². The normalized spacial score (nSPS) is 23.7. The lowest BCUT2D eigenvalue weighted by Gasteiger charge is -2.18. The number of nitrogens with one attached hydrogen (secondary N) is 1. The Morgan fingerprint density at radius 1 is 1.26 bits per heavy atom.